The molecular formula is C23H31N5O4S. The summed E-state index contributed by atoms with van der Waals surface area (Å²) in [6.45, 7) is 10.5. The Morgan fingerprint density at radius 2 is 2.00 bits per heavy atom. The molecule has 10 heteroatoms. The number of benzene rings is 1. The van der Waals surface area contributed by atoms with Crippen molar-refractivity contribution >= 4 is 51.4 Å². The summed E-state index contributed by atoms with van der Waals surface area (Å²) in [4.78, 5) is 30.6. The zero-order valence-electron chi connectivity index (χ0n) is 19.6. The molecule has 1 atom stereocenters. The number of thiol groups is 1. The number of fused-ring (bicyclic) bond motifs is 1. The third-order valence-corrected chi connectivity index (χ3v) is 6.42. The van der Waals surface area contributed by atoms with E-state index < -0.39 is 10.9 Å². The average molecular weight is 474 g/mol. The maximum Gasteiger partial charge on any atom is 0.256 e. The Hall–Kier alpha value is -2.95. The number of nitrogens with zero attached hydrogens (tertiary/aromatic N) is 2. The highest BCUT2D eigenvalue weighted by atomic mass is 32.2. The summed E-state index contributed by atoms with van der Waals surface area (Å²) < 4.78 is 20.4. The van der Waals surface area contributed by atoms with Crippen LogP contribution in [-0.2, 0) is 24.6 Å². The quantitative estimate of drug-likeness (QED) is 0.328. The van der Waals surface area contributed by atoms with Crippen LogP contribution < -0.4 is 10.6 Å². The van der Waals surface area contributed by atoms with Crippen LogP contribution in [-0.4, -0.2) is 52.7 Å². The zero-order chi connectivity index (χ0) is 24.1. The van der Waals surface area contributed by atoms with E-state index in [9.17, 15) is 13.8 Å². The van der Waals surface area contributed by atoms with Crippen molar-refractivity contribution in [3.8, 4) is 0 Å². The number of hydrogen-bond acceptors (Lipinski definition) is 6. The van der Waals surface area contributed by atoms with Gasteiger partial charge in [0, 0.05) is 35.6 Å². The third-order valence-electron chi connectivity index (χ3n) is 5.72. The van der Waals surface area contributed by atoms with Crippen LogP contribution in [0.15, 0.2) is 22.6 Å². The minimum atomic E-state index is -2.16. The fraction of sp³-hybridized carbons (Fsp3) is 0.391. The number of aryl methyl sites for hydroxylation is 1. The van der Waals surface area contributed by atoms with E-state index in [1.54, 1.807) is 24.3 Å². The fourth-order valence-electron chi connectivity index (χ4n) is 3.77. The smallest absolute Gasteiger partial charge is 0.256 e. The highest BCUT2D eigenvalue weighted by Crippen LogP contribution is 2.37. The van der Waals surface area contributed by atoms with Crippen LogP contribution in [0, 0.1) is 13.8 Å². The average Bonchev–Trinajstić information content (AvgIpc) is 3.24. The van der Waals surface area contributed by atoms with E-state index in [4.69, 9.17) is 4.18 Å². The number of amides is 2. The van der Waals surface area contributed by atoms with Crippen molar-refractivity contribution < 1.29 is 18.0 Å². The summed E-state index contributed by atoms with van der Waals surface area (Å²) in [6.07, 6.45) is 2.17. The molecule has 2 heterocycles. The summed E-state index contributed by atoms with van der Waals surface area (Å²) in [5.41, 5.74) is 5.36. The van der Waals surface area contributed by atoms with Gasteiger partial charge in [-0.25, -0.2) is 4.21 Å². The maximum absolute atomic E-state index is 12.6. The van der Waals surface area contributed by atoms with Crippen LogP contribution in [0.2, 0.25) is 0 Å². The van der Waals surface area contributed by atoms with Gasteiger partial charge < -0.3 is 20.5 Å². The van der Waals surface area contributed by atoms with Crippen molar-refractivity contribution in [3.63, 3.8) is 0 Å². The van der Waals surface area contributed by atoms with Gasteiger partial charge in [-0.2, -0.15) is 4.36 Å². The van der Waals surface area contributed by atoms with E-state index in [1.807, 2.05) is 13.8 Å². The molecule has 33 heavy (non-hydrogen) atoms. The Kier molecular flexibility index (Phi) is 8.06. The number of carbonyl (C=O) groups excluding carboxylic acids is 2. The van der Waals surface area contributed by atoms with Crippen molar-refractivity contribution in [3.05, 3.63) is 40.7 Å². The number of rotatable bonds is 9. The molecule has 0 aliphatic carbocycles. The van der Waals surface area contributed by atoms with Gasteiger partial charge in [0.25, 0.3) is 5.91 Å². The van der Waals surface area contributed by atoms with Crippen LogP contribution in [0.1, 0.15) is 42.8 Å². The third kappa shape index (κ3) is 5.70. The van der Waals surface area contributed by atoms with Gasteiger partial charge in [-0.3, -0.25) is 13.8 Å². The molecule has 1 unspecified atom stereocenters. The molecule has 9 nitrogen and oxygen atoms in total. The molecule has 178 valence electrons. The van der Waals surface area contributed by atoms with Crippen LogP contribution in [0.5, 0.6) is 0 Å². The summed E-state index contributed by atoms with van der Waals surface area (Å²) in [5, 5.41) is 5.84. The van der Waals surface area contributed by atoms with Crippen LogP contribution in [0.3, 0.4) is 0 Å². The van der Waals surface area contributed by atoms with Gasteiger partial charge in [-0.1, -0.05) is 13.8 Å². The Morgan fingerprint density at radius 1 is 1.27 bits per heavy atom. The van der Waals surface area contributed by atoms with Crippen molar-refractivity contribution in [2.75, 3.05) is 37.4 Å². The Morgan fingerprint density at radius 3 is 2.67 bits per heavy atom. The molecule has 0 radical (unpaired) electrons. The highest BCUT2D eigenvalue weighted by Gasteiger charge is 2.25. The number of carbonyl (C=O) groups is 2. The Balaban J connectivity index is 1.87. The van der Waals surface area contributed by atoms with Crippen molar-refractivity contribution in [1.29, 1.82) is 0 Å². The van der Waals surface area contributed by atoms with E-state index in [2.05, 4.69) is 38.7 Å². The topological polar surface area (TPSA) is 116 Å². The fourth-order valence-corrected chi connectivity index (χ4v) is 4.16. The predicted octanol–water partition coefficient (Wildman–Crippen LogP) is 3.65. The number of hydrogen-bond donors (Lipinski definition) is 4. The molecule has 0 fully saturated rings. The standard InChI is InChI=1S/C23H31N5O4S/c1-6-28(7-2)11-10-21(29)26-22-14(3)20(24-15(22)4)13-18-17-12-16(27-33(31)32-5)8-9-19(17)25-23(18)30/h8-9,12-13,24,33H,6-7,10-11H2,1-5H3,(H,25,30)(H,26,29)/b18-13-. The van der Waals surface area contributed by atoms with Crippen LogP contribution in [0.25, 0.3) is 11.6 Å². The predicted molar refractivity (Wildman–Crippen MR) is 133 cm³/mol. The molecule has 0 bridgehead atoms. The molecule has 0 spiro atoms. The lowest BCUT2D eigenvalue weighted by Gasteiger charge is -2.17. The van der Waals surface area contributed by atoms with E-state index in [0.717, 1.165) is 35.7 Å². The zero-order valence-corrected chi connectivity index (χ0v) is 20.5. The minimum absolute atomic E-state index is 0.0474. The van der Waals surface area contributed by atoms with Crippen molar-refractivity contribution in [2.45, 2.75) is 34.1 Å². The molecule has 1 aromatic heterocycles. The number of anilines is 2. The van der Waals surface area contributed by atoms with Gasteiger partial charge >= 0.3 is 0 Å². The van der Waals surface area contributed by atoms with E-state index in [-0.39, 0.29) is 11.8 Å². The Bertz CT molecular complexity index is 1170. The molecule has 0 saturated heterocycles. The lowest BCUT2D eigenvalue weighted by molar-refractivity contribution is -0.116. The molecule has 3 N–H and O–H groups in total. The second-order valence-corrected chi connectivity index (χ2v) is 8.79. The lowest BCUT2D eigenvalue weighted by Crippen LogP contribution is -2.27. The van der Waals surface area contributed by atoms with Crippen molar-refractivity contribution in [1.82, 2.24) is 9.88 Å². The highest BCUT2D eigenvalue weighted by molar-refractivity contribution is 7.69. The number of H-pyrrole nitrogens is 1. The van der Waals surface area contributed by atoms with E-state index in [1.165, 1.54) is 7.11 Å². The van der Waals surface area contributed by atoms with Gasteiger partial charge in [0.2, 0.25) is 5.91 Å². The molecule has 1 aliphatic rings. The molecule has 1 aromatic carbocycles. The molecule has 3 rings (SSSR count). The SMILES string of the molecule is CCN(CC)CCC(=O)Nc1c(C)[nH]c(/C=C2\C(=O)Nc3ccc(N=[SH](=O)OC)cc32)c1C. The van der Waals surface area contributed by atoms with Gasteiger partial charge in [0.05, 0.1) is 24.1 Å². The lowest BCUT2D eigenvalue weighted by atomic mass is 10.0. The molecule has 2 aromatic rings. The van der Waals surface area contributed by atoms with Crippen LogP contribution in [0.4, 0.5) is 17.1 Å². The van der Waals surface area contributed by atoms with Gasteiger partial charge in [-0.05, 0) is 56.8 Å². The largest absolute Gasteiger partial charge is 0.357 e. The summed E-state index contributed by atoms with van der Waals surface area (Å²) >= 11 is 0. The van der Waals surface area contributed by atoms with Gasteiger partial charge in [0.15, 0.2) is 10.9 Å². The summed E-state index contributed by atoms with van der Waals surface area (Å²) in [7, 11) is -0.837. The number of aromatic amines is 1. The molecule has 0 saturated carbocycles. The normalized spacial score (nSPS) is 15.2. The Labute approximate surface area is 196 Å². The van der Waals surface area contributed by atoms with Crippen LogP contribution >= 0.6 is 0 Å². The second-order valence-electron chi connectivity index (χ2n) is 7.75. The first-order valence-electron chi connectivity index (χ1n) is 10.9. The molecule has 1 aliphatic heterocycles. The maximum atomic E-state index is 12.6. The van der Waals surface area contributed by atoms with E-state index >= 15 is 0 Å². The van der Waals surface area contributed by atoms with E-state index in [0.29, 0.717) is 35.5 Å². The first-order valence-corrected chi connectivity index (χ1v) is 12.0. The second kappa shape index (κ2) is 10.8. The van der Waals surface area contributed by atoms with Gasteiger partial charge in [-0.15, -0.1) is 0 Å². The number of aromatic nitrogens is 1. The molecule has 2 amide bonds. The molecular weight excluding hydrogens is 442 g/mol. The van der Waals surface area contributed by atoms with Crippen molar-refractivity contribution in [2.24, 2.45) is 4.36 Å². The summed E-state index contributed by atoms with van der Waals surface area (Å²) in [5.74, 6) is -0.288. The monoisotopic (exact) mass is 473 g/mol. The first-order chi connectivity index (χ1) is 15.8. The minimum Gasteiger partial charge on any atom is -0.357 e. The van der Waals surface area contributed by atoms with Gasteiger partial charge in [0.1, 0.15) is 0 Å². The first kappa shape index (κ1) is 24.7. The summed E-state index contributed by atoms with van der Waals surface area (Å²) in [6, 6.07) is 5.09. The number of nitrogens with one attached hydrogen (secondary N) is 3.